The summed E-state index contributed by atoms with van der Waals surface area (Å²) in [7, 11) is 0. The Hall–Kier alpha value is -1.23. The molecule has 2 unspecified atom stereocenters. The number of primary amides is 1. The number of hydrogen-bond acceptors (Lipinski definition) is 1. The summed E-state index contributed by atoms with van der Waals surface area (Å²) in [6.07, 6.45) is -4.92. The van der Waals surface area contributed by atoms with Crippen molar-refractivity contribution >= 4 is 17.5 Å². The number of carbonyl (C=O) groups excluding carboxylic acids is 1. The zero-order valence-electron chi connectivity index (χ0n) is 8.75. The highest BCUT2D eigenvalue weighted by atomic mass is 35.5. The van der Waals surface area contributed by atoms with Crippen LogP contribution in [0.1, 0.15) is 5.56 Å². The standard InChI is InChI=1S/C11H11ClF3NO/c12-9(10(16)17)8(11(13,14)15)6-7-4-2-1-3-5-7/h1-5,8-9H,6H2,(H2,16,17). The maximum Gasteiger partial charge on any atom is 0.394 e. The molecule has 0 aliphatic carbocycles. The fourth-order valence-electron chi connectivity index (χ4n) is 1.45. The van der Waals surface area contributed by atoms with Gasteiger partial charge in [-0.3, -0.25) is 4.79 Å². The third-order valence-corrected chi connectivity index (χ3v) is 2.86. The molecule has 6 heteroatoms. The number of amides is 1. The molecule has 0 aliphatic heterocycles. The van der Waals surface area contributed by atoms with Gasteiger partial charge in [0.25, 0.3) is 0 Å². The van der Waals surface area contributed by atoms with E-state index in [1.54, 1.807) is 30.3 Å². The number of halogens is 4. The molecule has 94 valence electrons. The van der Waals surface area contributed by atoms with Gasteiger partial charge in [-0.1, -0.05) is 30.3 Å². The molecule has 1 rings (SSSR count). The lowest BCUT2D eigenvalue weighted by molar-refractivity contribution is -0.176. The molecule has 0 radical (unpaired) electrons. The second kappa shape index (κ2) is 5.40. The number of rotatable bonds is 4. The highest BCUT2D eigenvalue weighted by Crippen LogP contribution is 2.34. The van der Waals surface area contributed by atoms with Crippen LogP contribution in [0, 0.1) is 5.92 Å². The van der Waals surface area contributed by atoms with Crippen LogP contribution in [0.3, 0.4) is 0 Å². The summed E-state index contributed by atoms with van der Waals surface area (Å²) in [4.78, 5) is 10.8. The third kappa shape index (κ3) is 3.93. The van der Waals surface area contributed by atoms with Gasteiger partial charge >= 0.3 is 6.18 Å². The van der Waals surface area contributed by atoms with Gasteiger partial charge in [0.15, 0.2) is 0 Å². The third-order valence-electron chi connectivity index (χ3n) is 2.34. The molecule has 17 heavy (non-hydrogen) atoms. The van der Waals surface area contributed by atoms with Crippen molar-refractivity contribution in [2.45, 2.75) is 18.0 Å². The highest BCUT2D eigenvalue weighted by Gasteiger charge is 2.46. The molecule has 0 saturated carbocycles. The molecule has 0 aromatic heterocycles. The first-order valence-electron chi connectivity index (χ1n) is 4.86. The summed E-state index contributed by atoms with van der Waals surface area (Å²) in [5.74, 6) is -3.13. The molecule has 2 N–H and O–H groups in total. The van der Waals surface area contributed by atoms with Crippen LogP contribution >= 0.6 is 11.6 Å². The molecule has 0 spiro atoms. The Morgan fingerprint density at radius 2 is 1.82 bits per heavy atom. The van der Waals surface area contributed by atoms with Crippen molar-refractivity contribution in [2.24, 2.45) is 11.7 Å². The molecule has 0 aliphatic rings. The van der Waals surface area contributed by atoms with Crippen molar-refractivity contribution in [3.8, 4) is 0 Å². The van der Waals surface area contributed by atoms with Gasteiger partial charge in [0.05, 0.1) is 5.92 Å². The van der Waals surface area contributed by atoms with Gasteiger partial charge in [-0.25, -0.2) is 0 Å². The number of nitrogens with two attached hydrogens (primary N) is 1. The van der Waals surface area contributed by atoms with Gasteiger partial charge in [-0.15, -0.1) is 11.6 Å². The summed E-state index contributed by atoms with van der Waals surface area (Å²) in [5.41, 5.74) is 5.28. The van der Waals surface area contributed by atoms with Crippen molar-refractivity contribution in [2.75, 3.05) is 0 Å². The average Bonchev–Trinajstić information content (AvgIpc) is 2.24. The van der Waals surface area contributed by atoms with Gasteiger partial charge in [-0.2, -0.15) is 13.2 Å². The zero-order valence-corrected chi connectivity index (χ0v) is 9.50. The zero-order chi connectivity index (χ0) is 13.1. The van der Waals surface area contributed by atoms with E-state index in [0.29, 0.717) is 5.56 Å². The highest BCUT2D eigenvalue weighted by molar-refractivity contribution is 6.30. The van der Waals surface area contributed by atoms with Crippen molar-refractivity contribution in [1.29, 1.82) is 0 Å². The van der Waals surface area contributed by atoms with Crippen molar-refractivity contribution < 1.29 is 18.0 Å². The summed E-state index contributed by atoms with van der Waals surface area (Å²) in [5, 5.41) is -1.75. The predicted octanol–water partition coefficient (Wildman–Crippen LogP) is 2.50. The van der Waals surface area contributed by atoms with Gasteiger partial charge in [0.1, 0.15) is 5.38 Å². The quantitative estimate of drug-likeness (QED) is 0.835. The number of hydrogen-bond donors (Lipinski definition) is 1. The molecule has 0 fully saturated rings. The molecule has 1 amide bonds. The largest absolute Gasteiger partial charge is 0.394 e. The normalized spacial score (nSPS) is 15.3. The maximum absolute atomic E-state index is 12.7. The summed E-state index contributed by atoms with van der Waals surface area (Å²) in [6, 6.07) is 8.03. The fraction of sp³-hybridized carbons (Fsp3) is 0.364. The van der Waals surface area contributed by atoms with E-state index in [9.17, 15) is 18.0 Å². The summed E-state index contributed by atoms with van der Waals surface area (Å²) < 4.78 is 38.2. The lowest BCUT2D eigenvalue weighted by Gasteiger charge is -2.22. The Bertz CT molecular complexity index is 380. The maximum atomic E-state index is 12.7. The molecular weight excluding hydrogens is 255 g/mol. The van der Waals surface area contributed by atoms with Crippen LogP contribution in [-0.4, -0.2) is 17.5 Å². The van der Waals surface area contributed by atoms with Crippen LogP contribution < -0.4 is 5.73 Å². The lowest BCUT2D eigenvalue weighted by atomic mass is 9.95. The molecule has 0 saturated heterocycles. The SMILES string of the molecule is NC(=O)C(Cl)C(Cc1ccccc1)C(F)(F)F. The minimum absolute atomic E-state index is 0.360. The Morgan fingerprint density at radius 3 is 2.24 bits per heavy atom. The van der Waals surface area contributed by atoms with E-state index in [-0.39, 0.29) is 6.42 Å². The Kier molecular flexibility index (Phi) is 4.40. The Balaban J connectivity index is 2.89. The first kappa shape index (κ1) is 13.8. The van der Waals surface area contributed by atoms with Gasteiger partial charge in [0, 0.05) is 0 Å². The Labute approximate surface area is 102 Å². The summed E-state index contributed by atoms with van der Waals surface area (Å²) in [6.45, 7) is 0. The molecule has 0 bridgehead atoms. The van der Waals surface area contributed by atoms with Crippen LogP contribution in [0.5, 0.6) is 0 Å². The second-order valence-electron chi connectivity index (χ2n) is 3.64. The van der Waals surface area contributed by atoms with Crippen LogP contribution in [0.25, 0.3) is 0 Å². The van der Waals surface area contributed by atoms with E-state index in [1.165, 1.54) is 0 Å². The molecular formula is C11H11ClF3NO. The van der Waals surface area contributed by atoms with Crippen LogP contribution in [-0.2, 0) is 11.2 Å². The van der Waals surface area contributed by atoms with Crippen LogP contribution in [0.4, 0.5) is 13.2 Å². The van der Waals surface area contributed by atoms with E-state index >= 15 is 0 Å². The first-order chi connectivity index (χ1) is 7.82. The Morgan fingerprint density at radius 1 is 1.29 bits per heavy atom. The van der Waals surface area contributed by atoms with E-state index in [4.69, 9.17) is 17.3 Å². The number of benzene rings is 1. The molecule has 2 nitrogen and oxygen atoms in total. The van der Waals surface area contributed by atoms with Crippen LogP contribution in [0.15, 0.2) is 30.3 Å². The van der Waals surface area contributed by atoms with Crippen LogP contribution in [0.2, 0.25) is 0 Å². The van der Waals surface area contributed by atoms with Crippen molar-refractivity contribution in [3.63, 3.8) is 0 Å². The van der Waals surface area contributed by atoms with E-state index in [2.05, 4.69) is 0 Å². The molecule has 1 aromatic carbocycles. The first-order valence-corrected chi connectivity index (χ1v) is 5.30. The molecule has 1 aromatic rings. The van der Waals surface area contributed by atoms with Gasteiger partial charge in [0.2, 0.25) is 5.91 Å². The average molecular weight is 266 g/mol. The minimum atomic E-state index is -4.56. The van der Waals surface area contributed by atoms with Crippen molar-refractivity contribution in [3.05, 3.63) is 35.9 Å². The second-order valence-corrected chi connectivity index (χ2v) is 4.11. The monoisotopic (exact) mass is 265 g/mol. The smallest absolute Gasteiger partial charge is 0.368 e. The summed E-state index contributed by atoms with van der Waals surface area (Å²) >= 11 is 5.42. The van der Waals surface area contributed by atoms with Gasteiger partial charge < -0.3 is 5.73 Å². The van der Waals surface area contributed by atoms with Crippen molar-refractivity contribution in [1.82, 2.24) is 0 Å². The number of alkyl halides is 4. The van der Waals surface area contributed by atoms with E-state index < -0.39 is 23.4 Å². The molecule has 2 atom stereocenters. The topological polar surface area (TPSA) is 43.1 Å². The molecule has 0 heterocycles. The minimum Gasteiger partial charge on any atom is -0.368 e. The number of carbonyl (C=O) groups is 1. The van der Waals surface area contributed by atoms with E-state index in [1.807, 2.05) is 0 Å². The van der Waals surface area contributed by atoms with Gasteiger partial charge in [-0.05, 0) is 12.0 Å². The lowest BCUT2D eigenvalue weighted by Crippen LogP contribution is -2.40. The fourth-order valence-corrected chi connectivity index (χ4v) is 1.68. The predicted molar refractivity (Wildman–Crippen MR) is 58.5 cm³/mol. The van der Waals surface area contributed by atoms with E-state index in [0.717, 1.165) is 0 Å².